The van der Waals surface area contributed by atoms with E-state index in [4.69, 9.17) is 9.72 Å². The Labute approximate surface area is 194 Å². The number of methoxy groups -OCH3 is 1. The third kappa shape index (κ3) is 4.39. The van der Waals surface area contributed by atoms with Crippen molar-refractivity contribution in [3.63, 3.8) is 0 Å². The second-order valence-electron chi connectivity index (χ2n) is 9.09. The van der Waals surface area contributed by atoms with E-state index in [2.05, 4.69) is 42.2 Å². The Morgan fingerprint density at radius 3 is 2.61 bits per heavy atom. The van der Waals surface area contributed by atoms with Gasteiger partial charge in [0.05, 0.1) is 30.6 Å². The number of fused-ring (bicyclic) bond motifs is 1. The van der Waals surface area contributed by atoms with Crippen molar-refractivity contribution in [2.45, 2.75) is 52.3 Å². The van der Waals surface area contributed by atoms with Gasteiger partial charge in [-0.3, -0.25) is 5.32 Å². The summed E-state index contributed by atoms with van der Waals surface area (Å²) >= 11 is 0. The SMILES string of the molecule is CCC1(C(O)NC(C)C)CCN(c2ccc(-c3cc(OC)cn4ncc(C#N)c34)cn2)CC1. The minimum absolute atomic E-state index is 0.109. The smallest absolute Gasteiger partial charge is 0.137 e. The van der Waals surface area contributed by atoms with Gasteiger partial charge in [0, 0.05) is 41.9 Å². The van der Waals surface area contributed by atoms with Crippen molar-refractivity contribution in [1.29, 1.82) is 5.26 Å². The zero-order valence-corrected chi connectivity index (χ0v) is 19.7. The fourth-order valence-corrected chi connectivity index (χ4v) is 4.74. The Morgan fingerprint density at radius 1 is 1.27 bits per heavy atom. The van der Waals surface area contributed by atoms with Gasteiger partial charge in [0.25, 0.3) is 0 Å². The summed E-state index contributed by atoms with van der Waals surface area (Å²) in [6.07, 6.45) is 7.42. The molecule has 8 heteroatoms. The Morgan fingerprint density at radius 2 is 2.03 bits per heavy atom. The highest BCUT2D eigenvalue weighted by molar-refractivity contribution is 5.85. The standard InChI is InChI=1S/C25H32N6O2/c1-5-25(24(32)29-17(2)3)8-10-30(11-9-25)22-7-6-18(14-27-22)21-12-20(33-4)16-31-23(21)19(13-26)15-28-31/h6-7,12,14-17,24,29,32H,5,8-11H2,1-4H3. The summed E-state index contributed by atoms with van der Waals surface area (Å²) in [7, 11) is 1.61. The Hall–Kier alpha value is -3.15. The second-order valence-corrected chi connectivity index (χ2v) is 9.09. The molecule has 0 amide bonds. The van der Waals surface area contributed by atoms with Gasteiger partial charge in [0.1, 0.15) is 23.9 Å². The molecule has 4 heterocycles. The molecular formula is C25H32N6O2. The van der Waals surface area contributed by atoms with Crippen molar-refractivity contribution in [3.8, 4) is 22.9 Å². The Balaban J connectivity index is 1.56. The maximum atomic E-state index is 10.8. The molecule has 1 fully saturated rings. The number of rotatable bonds is 7. The van der Waals surface area contributed by atoms with Crippen LogP contribution in [0.15, 0.2) is 36.8 Å². The lowest BCUT2D eigenvalue weighted by atomic mass is 9.74. The highest BCUT2D eigenvalue weighted by Gasteiger charge is 2.39. The number of pyridine rings is 2. The molecule has 33 heavy (non-hydrogen) atoms. The van der Waals surface area contributed by atoms with Gasteiger partial charge in [-0.05, 0) is 51.3 Å². The Kier molecular flexibility index (Phi) is 6.54. The number of nitrogens with zero attached hydrogens (tertiary/aromatic N) is 5. The van der Waals surface area contributed by atoms with E-state index in [0.717, 1.165) is 54.8 Å². The molecule has 3 aromatic heterocycles. The predicted molar refractivity (Wildman–Crippen MR) is 128 cm³/mol. The number of anilines is 1. The molecule has 2 N–H and O–H groups in total. The summed E-state index contributed by atoms with van der Waals surface area (Å²) in [6, 6.07) is 8.43. The van der Waals surface area contributed by atoms with Crippen LogP contribution in [0.4, 0.5) is 5.82 Å². The van der Waals surface area contributed by atoms with Crippen LogP contribution in [0.2, 0.25) is 0 Å². The highest BCUT2D eigenvalue weighted by Crippen LogP contribution is 2.39. The molecule has 4 rings (SSSR count). The molecule has 1 saturated heterocycles. The highest BCUT2D eigenvalue weighted by atomic mass is 16.5. The third-order valence-electron chi connectivity index (χ3n) is 6.86. The van der Waals surface area contributed by atoms with E-state index >= 15 is 0 Å². The number of piperidine rings is 1. The van der Waals surface area contributed by atoms with Crippen molar-refractivity contribution in [3.05, 3.63) is 42.4 Å². The van der Waals surface area contributed by atoms with Gasteiger partial charge in [0.15, 0.2) is 0 Å². The van der Waals surface area contributed by atoms with Gasteiger partial charge in [0.2, 0.25) is 0 Å². The lowest BCUT2D eigenvalue weighted by Gasteiger charge is -2.45. The average Bonchev–Trinajstić information content (AvgIpc) is 3.26. The van der Waals surface area contributed by atoms with Gasteiger partial charge in [-0.1, -0.05) is 6.92 Å². The molecule has 174 valence electrons. The van der Waals surface area contributed by atoms with Crippen LogP contribution >= 0.6 is 0 Å². The minimum atomic E-state index is -0.500. The number of hydrogen-bond donors (Lipinski definition) is 2. The van der Waals surface area contributed by atoms with Crippen LogP contribution < -0.4 is 15.0 Å². The van der Waals surface area contributed by atoms with Crippen molar-refractivity contribution in [2.75, 3.05) is 25.1 Å². The van der Waals surface area contributed by atoms with E-state index in [-0.39, 0.29) is 11.5 Å². The number of hydrogen-bond acceptors (Lipinski definition) is 7. The van der Waals surface area contributed by atoms with Gasteiger partial charge in [-0.2, -0.15) is 10.4 Å². The number of aliphatic hydroxyl groups excluding tert-OH is 1. The van der Waals surface area contributed by atoms with Gasteiger partial charge < -0.3 is 14.7 Å². The molecule has 0 aromatic carbocycles. The molecule has 0 bridgehead atoms. The van der Waals surface area contributed by atoms with Crippen LogP contribution in [0.25, 0.3) is 16.6 Å². The maximum absolute atomic E-state index is 10.8. The van der Waals surface area contributed by atoms with E-state index < -0.39 is 6.23 Å². The number of ether oxygens (including phenoxy) is 1. The fraction of sp³-hybridized carbons (Fsp3) is 0.480. The molecule has 1 aliphatic rings. The normalized spacial score (nSPS) is 16.7. The lowest BCUT2D eigenvalue weighted by Crippen LogP contribution is -2.53. The van der Waals surface area contributed by atoms with E-state index in [1.165, 1.54) is 0 Å². The molecule has 0 saturated carbocycles. The van der Waals surface area contributed by atoms with Gasteiger partial charge in [-0.25, -0.2) is 9.50 Å². The molecular weight excluding hydrogens is 416 g/mol. The average molecular weight is 449 g/mol. The van der Waals surface area contributed by atoms with Crippen molar-refractivity contribution in [2.24, 2.45) is 5.41 Å². The summed E-state index contributed by atoms with van der Waals surface area (Å²) in [5.41, 5.74) is 2.90. The number of aromatic nitrogens is 3. The van der Waals surface area contributed by atoms with Gasteiger partial charge in [-0.15, -0.1) is 0 Å². The monoisotopic (exact) mass is 448 g/mol. The minimum Gasteiger partial charge on any atom is -0.495 e. The summed E-state index contributed by atoms with van der Waals surface area (Å²) in [5, 5.41) is 27.9. The van der Waals surface area contributed by atoms with Gasteiger partial charge >= 0.3 is 0 Å². The zero-order chi connectivity index (χ0) is 23.6. The quantitative estimate of drug-likeness (QED) is 0.533. The molecule has 1 unspecified atom stereocenters. The largest absolute Gasteiger partial charge is 0.495 e. The number of aliphatic hydroxyl groups is 1. The lowest BCUT2D eigenvalue weighted by molar-refractivity contribution is -0.0263. The first kappa shape index (κ1) is 23.0. The van der Waals surface area contributed by atoms with Crippen molar-refractivity contribution < 1.29 is 9.84 Å². The number of nitrogens with one attached hydrogen (secondary N) is 1. The first-order chi connectivity index (χ1) is 15.9. The Bertz CT molecular complexity index is 1140. The zero-order valence-electron chi connectivity index (χ0n) is 19.7. The van der Waals surface area contributed by atoms with Crippen molar-refractivity contribution >= 4 is 11.3 Å². The summed E-state index contributed by atoms with van der Waals surface area (Å²) in [5.74, 6) is 1.58. The van der Waals surface area contributed by atoms with E-state index in [9.17, 15) is 10.4 Å². The maximum Gasteiger partial charge on any atom is 0.137 e. The predicted octanol–water partition coefficient (Wildman–Crippen LogP) is 3.59. The summed E-state index contributed by atoms with van der Waals surface area (Å²) in [4.78, 5) is 7.02. The van der Waals surface area contributed by atoms with Crippen LogP contribution in [-0.2, 0) is 0 Å². The first-order valence-corrected chi connectivity index (χ1v) is 11.5. The summed E-state index contributed by atoms with van der Waals surface area (Å²) in [6.45, 7) is 7.98. The van der Waals surface area contributed by atoms with Crippen LogP contribution in [0.1, 0.15) is 45.6 Å². The topological polar surface area (TPSA) is 98.7 Å². The molecule has 0 radical (unpaired) electrons. The summed E-state index contributed by atoms with van der Waals surface area (Å²) < 4.78 is 7.09. The molecule has 3 aromatic rings. The fourth-order valence-electron chi connectivity index (χ4n) is 4.74. The second kappa shape index (κ2) is 9.38. The van der Waals surface area contributed by atoms with E-state index in [1.807, 2.05) is 24.4 Å². The molecule has 0 aliphatic carbocycles. The van der Waals surface area contributed by atoms with Crippen LogP contribution in [0, 0.1) is 16.7 Å². The van der Waals surface area contributed by atoms with Crippen LogP contribution in [0.3, 0.4) is 0 Å². The third-order valence-corrected chi connectivity index (χ3v) is 6.86. The molecule has 8 nitrogen and oxygen atoms in total. The van der Waals surface area contributed by atoms with Crippen LogP contribution in [-0.4, -0.2) is 52.2 Å². The molecule has 0 spiro atoms. The molecule has 1 aliphatic heterocycles. The van der Waals surface area contributed by atoms with E-state index in [1.54, 1.807) is 24.0 Å². The van der Waals surface area contributed by atoms with Crippen molar-refractivity contribution in [1.82, 2.24) is 19.9 Å². The first-order valence-electron chi connectivity index (χ1n) is 11.5. The van der Waals surface area contributed by atoms with Crippen LogP contribution in [0.5, 0.6) is 5.75 Å². The van der Waals surface area contributed by atoms with E-state index in [0.29, 0.717) is 11.3 Å². The molecule has 1 atom stereocenters. The number of nitriles is 1.